The molecule has 4 rings (SSSR count). The highest BCUT2D eigenvalue weighted by Crippen LogP contribution is 2.25. The van der Waals surface area contributed by atoms with Gasteiger partial charge in [-0.3, -0.25) is 13.9 Å². The van der Waals surface area contributed by atoms with Crippen LogP contribution in [-0.4, -0.2) is 24.1 Å². The van der Waals surface area contributed by atoms with Crippen molar-refractivity contribution in [1.29, 1.82) is 0 Å². The van der Waals surface area contributed by atoms with Gasteiger partial charge < -0.3 is 10.3 Å². The molecule has 1 aromatic carbocycles. The summed E-state index contributed by atoms with van der Waals surface area (Å²) in [7, 11) is 3.05. The summed E-state index contributed by atoms with van der Waals surface area (Å²) in [6.07, 6.45) is 1.63. The van der Waals surface area contributed by atoms with Crippen molar-refractivity contribution in [1.82, 2.24) is 24.1 Å². The molecule has 0 bridgehead atoms. The molecule has 25 heavy (non-hydrogen) atoms. The lowest BCUT2D eigenvalue weighted by atomic mass is 10.2. The molecule has 8 nitrogen and oxygen atoms in total. The largest absolute Gasteiger partial charge is 0.332 e. The van der Waals surface area contributed by atoms with Gasteiger partial charge in [0.2, 0.25) is 5.95 Å². The Hall–Kier alpha value is -3.42. The van der Waals surface area contributed by atoms with E-state index in [0.717, 1.165) is 21.2 Å². The molecule has 0 aliphatic heterocycles. The van der Waals surface area contributed by atoms with E-state index in [1.54, 1.807) is 13.2 Å². The van der Waals surface area contributed by atoms with Crippen LogP contribution in [0.3, 0.4) is 0 Å². The average Bonchev–Trinajstić information content (AvgIpc) is 3.02. The van der Waals surface area contributed by atoms with E-state index in [4.69, 9.17) is 0 Å². The SMILES string of the molecule is Cc1cnc2c(c1Nc1nc3ccccc3[nH]1)c(=O)n(C)c(=O)n2C. The molecule has 0 atom stereocenters. The van der Waals surface area contributed by atoms with E-state index >= 15 is 0 Å². The third-order valence-corrected chi connectivity index (χ3v) is 4.29. The molecule has 0 unspecified atom stereocenters. The minimum atomic E-state index is -0.413. The maximum Gasteiger partial charge on any atom is 0.332 e. The van der Waals surface area contributed by atoms with E-state index in [1.807, 2.05) is 31.2 Å². The molecule has 8 heteroatoms. The molecule has 0 aliphatic carbocycles. The molecule has 0 radical (unpaired) electrons. The van der Waals surface area contributed by atoms with Gasteiger partial charge in [-0.15, -0.1) is 0 Å². The molecule has 0 spiro atoms. The summed E-state index contributed by atoms with van der Waals surface area (Å²) >= 11 is 0. The van der Waals surface area contributed by atoms with Crippen molar-refractivity contribution in [2.24, 2.45) is 14.1 Å². The lowest BCUT2D eigenvalue weighted by Crippen LogP contribution is -2.37. The monoisotopic (exact) mass is 336 g/mol. The smallest absolute Gasteiger partial charge is 0.325 e. The highest BCUT2D eigenvalue weighted by molar-refractivity contribution is 5.92. The molecule has 0 aliphatic rings. The van der Waals surface area contributed by atoms with Gasteiger partial charge in [-0.1, -0.05) is 12.1 Å². The standard InChI is InChI=1S/C17H16N6O2/c1-9-8-18-14-12(15(24)23(3)17(25)22(14)2)13(9)21-16-19-10-6-4-5-7-11(10)20-16/h4-8H,1-3H3,(H2,18,19,20,21). The Kier molecular flexibility index (Phi) is 3.21. The Morgan fingerprint density at radius 3 is 2.64 bits per heavy atom. The highest BCUT2D eigenvalue weighted by atomic mass is 16.2. The summed E-state index contributed by atoms with van der Waals surface area (Å²) in [5.41, 5.74) is 2.60. The van der Waals surface area contributed by atoms with Crippen LogP contribution in [0.2, 0.25) is 0 Å². The van der Waals surface area contributed by atoms with Crippen LogP contribution >= 0.6 is 0 Å². The second kappa shape index (κ2) is 5.30. The molecule has 0 fully saturated rings. The Balaban J connectivity index is 1.99. The number of pyridine rings is 1. The van der Waals surface area contributed by atoms with E-state index in [1.165, 1.54) is 11.6 Å². The fourth-order valence-electron chi connectivity index (χ4n) is 2.91. The minimum absolute atomic E-state index is 0.331. The third kappa shape index (κ3) is 2.22. The second-order valence-electron chi connectivity index (χ2n) is 5.95. The van der Waals surface area contributed by atoms with Gasteiger partial charge in [0.15, 0.2) is 5.65 Å². The topological polar surface area (TPSA) is 97.6 Å². The number of hydrogen-bond acceptors (Lipinski definition) is 5. The van der Waals surface area contributed by atoms with E-state index in [0.29, 0.717) is 22.7 Å². The number of anilines is 2. The fourth-order valence-corrected chi connectivity index (χ4v) is 2.91. The summed E-state index contributed by atoms with van der Waals surface area (Å²) in [5.74, 6) is 0.521. The van der Waals surface area contributed by atoms with E-state index in [-0.39, 0.29) is 0 Å². The van der Waals surface area contributed by atoms with Crippen molar-refractivity contribution in [3.8, 4) is 0 Å². The van der Waals surface area contributed by atoms with Gasteiger partial charge in [0.25, 0.3) is 5.56 Å². The molecular formula is C17H16N6O2. The quantitative estimate of drug-likeness (QED) is 0.579. The van der Waals surface area contributed by atoms with Gasteiger partial charge in [0.05, 0.1) is 16.7 Å². The molecule has 2 N–H and O–H groups in total. The van der Waals surface area contributed by atoms with Crippen LogP contribution < -0.4 is 16.6 Å². The lowest BCUT2D eigenvalue weighted by Gasteiger charge is -2.13. The molecular weight excluding hydrogens is 320 g/mol. The van der Waals surface area contributed by atoms with Crippen molar-refractivity contribution < 1.29 is 0 Å². The Morgan fingerprint density at radius 1 is 1.12 bits per heavy atom. The van der Waals surface area contributed by atoms with Crippen LogP contribution in [-0.2, 0) is 14.1 Å². The second-order valence-corrected chi connectivity index (χ2v) is 5.95. The third-order valence-electron chi connectivity index (χ3n) is 4.29. The number of para-hydroxylation sites is 2. The Morgan fingerprint density at radius 2 is 1.88 bits per heavy atom. The van der Waals surface area contributed by atoms with Gasteiger partial charge in [0, 0.05) is 20.3 Å². The van der Waals surface area contributed by atoms with Crippen molar-refractivity contribution in [3.05, 3.63) is 56.9 Å². The number of aromatic nitrogens is 5. The maximum absolute atomic E-state index is 12.7. The maximum atomic E-state index is 12.7. The average molecular weight is 336 g/mol. The number of nitrogens with one attached hydrogen (secondary N) is 2. The molecule has 0 saturated heterocycles. The molecule has 4 aromatic rings. The first-order chi connectivity index (χ1) is 12.0. The summed E-state index contributed by atoms with van der Waals surface area (Å²) in [6.45, 7) is 1.85. The van der Waals surface area contributed by atoms with Crippen LogP contribution in [0, 0.1) is 6.92 Å². The van der Waals surface area contributed by atoms with Gasteiger partial charge >= 0.3 is 5.69 Å². The number of fused-ring (bicyclic) bond motifs is 2. The first-order valence-electron chi connectivity index (χ1n) is 7.74. The van der Waals surface area contributed by atoms with Crippen molar-refractivity contribution in [2.45, 2.75) is 6.92 Å². The number of H-pyrrole nitrogens is 1. The normalized spacial score (nSPS) is 11.3. The predicted molar refractivity (Wildman–Crippen MR) is 96.3 cm³/mol. The zero-order valence-corrected chi connectivity index (χ0v) is 14.0. The number of aryl methyl sites for hydroxylation is 2. The number of benzene rings is 1. The van der Waals surface area contributed by atoms with Crippen molar-refractivity contribution in [2.75, 3.05) is 5.32 Å². The number of rotatable bonds is 2. The summed E-state index contributed by atoms with van der Waals surface area (Å²) in [4.78, 5) is 36.7. The summed E-state index contributed by atoms with van der Waals surface area (Å²) in [5, 5.41) is 3.54. The fraction of sp³-hybridized carbons (Fsp3) is 0.176. The molecule has 126 valence electrons. The van der Waals surface area contributed by atoms with Crippen molar-refractivity contribution >= 4 is 33.7 Å². The summed E-state index contributed by atoms with van der Waals surface area (Å²) < 4.78 is 2.44. The van der Waals surface area contributed by atoms with Gasteiger partial charge in [0.1, 0.15) is 5.39 Å². The van der Waals surface area contributed by atoms with Gasteiger partial charge in [-0.05, 0) is 24.6 Å². The van der Waals surface area contributed by atoms with Crippen LogP contribution in [0.1, 0.15) is 5.56 Å². The van der Waals surface area contributed by atoms with Crippen LogP contribution in [0.15, 0.2) is 40.1 Å². The molecule has 3 aromatic heterocycles. The minimum Gasteiger partial charge on any atom is -0.325 e. The number of hydrogen-bond donors (Lipinski definition) is 2. The van der Waals surface area contributed by atoms with Crippen LogP contribution in [0.4, 0.5) is 11.6 Å². The van der Waals surface area contributed by atoms with Crippen molar-refractivity contribution in [3.63, 3.8) is 0 Å². The highest BCUT2D eigenvalue weighted by Gasteiger charge is 2.16. The Labute approximate surface area is 141 Å². The number of nitrogens with zero attached hydrogens (tertiary/aromatic N) is 4. The molecule has 0 amide bonds. The lowest BCUT2D eigenvalue weighted by molar-refractivity contribution is 0.707. The summed E-state index contributed by atoms with van der Waals surface area (Å²) in [6, 6.07) is 7.65. The van der Waals surface area contributed by atoms with E-state index in [2.05, 4.69) is 20.3 Å². The first-order valence-corrected chi connectivity index (χ1v) is 7.74. The van der Waals surface area contributed by atoms with Crippen LogP contribution in [0.5, 0.6) is 0 Å². The Bertz CT molecular complexity index is 1210. The van der Waals surface area contributed by atoms with Gasteiger partial charge in [-0.25, -0.2) is 14.8 Å². The zero-order chi connectivity index (χ0) is 17.7. The van der Waals surface area contributed by atoms with E-state index in [9.17, 15) is 9.59 Å². The van der Waals surface area contributed by atoms with Gasteiger partial charge in [-0.2, -0.15) is 0 Å². The molecule has 3 heterocycles. The van der Waals surface area contributed by atoms with Crippen LogP contribution in [0.25, 0.3) is 22.1 Å². The molecule has 0 saturated carbocycles. The van der Waals surface area contributed by atoms with E-state index < -0.39 is 11.2 Å². The first kappa shape index (κ1) is 15.1. The number of aromatic amines is 1. The zero-order valence-electron chi connectivity index (χ0n) is 14.0. The number of imidazole rings is 1. The predicted octanol–water partition coefficient (Wildman–Crippen LogP) is 1.56.